The van der Waals surface area contributed by atoms with Gasteiger partial charge in [-0.05, 0) is 60.7 Å². The second kappa shape index (κ2) is 22.1. The number of aromatic nitrogens is 4. The third kappa shape index (κ3) is 11.0. The lowest BCUT2D eigenvalue weighted by atomic mass is 10.0. The Labute approximate surface area is 428 Å². The van der Waals surface area contributed by atoms with E-state index < -0.39 is 60.6 Å². The normalized spacial score (nSPS) is 18.6. The minimum absolute atomic E-state index is 0.0778. The van der Waals surface area contributed by atoms with E-state index in [2.05, 4.69) is 41.2 Å². The number of pyridine rings is 4. The van der Waals surface area contributed by atoms with E-state index in [0.717, 1.165) is 9.79 Å². The average Bonchev–Trinajstić information content (AvgIpc) is 4.00. The number of fused-ring (bicyclic) bond motifs is 4. The Morgan fingerprint density at radius 3 is 1.47 bits per heavy atom. The second-order valence-corrected chi connectivity index (χ2v) is 18.8. The van der Waals surface area contributed by atoms with Gasteiger partial charge in [-0.3, -0.25) is 38.9 Å². The molecular formula is C48H46N10O14S2. The number of ether oxygens (including phenoxy) is 4. The molecule has 26 heteroatoms. The third-order valence-electron chi connectivity index (χ3n) is 11.9. The number of hydrogen-bond acceptors (Lipinski definition) is 20. The predicted octanol–water partition coefficient (Wildman–Crippen LogP) is 2.44. The Hall–Kier alpha value is -7.88. The number of methoxy groups -OCH3 is 2. The average molecular weight is 1050 g/mol. The number of rotatable bonds is 14. The van der Waals surface area contributed by atoms with Crippen molar-refractivity contribution < 1.29 is 68.1 Å². The van der Waals surface area contributed by atoms with Gasteiger partial charge in [-0.15, -0.1) is 23.5 Å². The second-order valence-electron chi connectivity index (χ2n) is 16.8. The first-order valence-corrected chi connectivity index (χ1v) is 24.6. The Morgan fingerprint density at radius 2 is 1.07 bits per heavy atom. The van der Waals surface area contributed by atoms with Gasteiger partial charge in [0.05, 0.1) is 85.3 Å². The number of thioether (sulfide) groups is 2. The maximum Gasteiger partial charge on any atom is 0.414 e. The van der Waals surface area contributed by atoms with E-state index in [9.17, 15) is 49.2 Å². The van der Waals surface area contributed by atoms with Crippen molar-refractivity contribution in [3.63, 3.8) is 0 Å². The van der Waals surface area contributed by atoms with Gasteiger partial charge in [0, 0.05) is 56.8 Å². The molecule has 2 unspecified atom stereocenters. The molecule has 0 aliphatic carbocycles. The molecule has 2 saturated heterocycles. The first-order valence-electron chi connectivity index (χ1n) is 22.6. The molecule has 0 saturated carbocycles. The summed E-state index contributed by atoms with van der Waals surface area (Å²) < 4.78 is 20.9. The number of nitrogens with zero attached hydrogens (tertiary/aromatic N) is 6. The number of carbonyl (C=O) groups excluding carboxylic acids is 6. The molecular weight excluding hydrogens is 1000 g/mol. The lowest BCUT2D eigenvalue weighted by Gasteiger charge is -2.20. The first-order chi connectivity index (χ1) is 35.7. The molecule has 2 aromatic carbocycles. The van der Waals surface area contributed by atoms with Crippen LogP contribution in [0, 0.1) is 0 Å². The number of amides is 6. The highest BCUT2D eigenvalue weighted by Gasteiger charge is 2.37. The van der Waals surface area contributed by atoms with Crippen molar-refractivity contribution in [3.05, 3.63) is 96.3 Å². The quantitative estimate of drug-likeness (QED) is 0.0777. The van der Waals surface area contributed by atoms with Crippen LogP contribution in [0.15, 0.2) is 95.0 Å². The van der Waals surface area contributed by atoms with Gasteiger partial charge in [0.15, 0.2) is 12.2 Å². The molecule has 384 valence electrons. The Kier molecular flexibility index (Phi) is 15.2. The number of anilines is 4. The molecule has 8 heterocycles. The molecule has 0 bridgehead atoms. The molecule has 6 aromatic rings. The van der Waals surface area contributed by atoms with Crippen LogP contribution in [0.3, 0.4) is 0 Å². The SMILES string of the molecule is COc1ccc2nccc(C(O)C(O)C(=O)NC[C@@H]3CN(c4ccc5c(c4)NC(=O)CS5)C(=O)O3)c2n1.COc1ccc2nccc([C@@H](O)[C@H](O)C(=O)NC[C@@H]3CN(c4ccc5c(c4)NC(=O)CS5)C(=O)O3)c2n1. The zero-order valence-corrected chi connectivity index (χ0v) is 40.8. The summed E-state index contributed by atoms with van der Waals surface area (Å²) >= 11 is 2.83. The lowest BCUT2D eigenvalue weighted by Crippen LogP contribution is -2.42. The molecule has 0 spiro atoms. The van der Waals surface area contributed by atoms with E-state index in [0.29, 0.717) is 68.1 Å². The van der Waals surface area contributed by atoms with Crippen molar-refractivity contribution in [2.45, 2.75) is 46.4 Å². The summed E-state index contributed by atoms with van der Waals surface area (Å²) in [6.45, 7) is 0.143. The smallest absolute Gasteiger partial charge is 0.414 e. The molecule has 2 fully saturated rings. The number of nitrogens with one attached hydrogen (secondary N) is 4. The van der Waals surface area contributed by atoms with Crippen molar-refractivity contribution >= 4 is 104 Å². The van der Waals surface area contributed by atoms with Crippen molar-refractivity contribution in [1.82, 2.24) is 30.6 Å². The maximum absolute atomic E-state index is 12.6. The van der Waals surface area contributed by atoms with E-state index in [4.69, 9.17) is 18.9 Å². The first kappa shape index (κ1) is 51.0. The van der Waals surface area contributed by atoms with Gasteiger partial charge in [-0.2, -0.15) is 0 Å². The fourth-order valence-corrected chi connectivity index (χ4v) is 9.76. The van der Waals surface area contributed by atoms with Crippen LogP contribution in [0.1, 0.15) is 23.3 Å². The molecule has 74 heavy (non-hydrogen) atoms. The molecule has 24 nitrogen and oxygen atoms in total. The van der Waals surface area contributed by atoms with Gasteiger partial charge in [-0.25, -0.2) is 19.6 Å². The van der Waals surface area contributed by atoms with Gasteiger partial charge in [-0.1, -0.05) is 0 Å². The summed E-state index contributed by atoms with van der Waals surface area (Å²) in [6.07, 6.45) is -6.49. The Balaban J connectivity index is 0.000000182. The summed E-state index contributed by atoms with van der Waals surface area (Å²) in [5.41, 5.74) is 4.26. The highest BCUT2D eigenvalue weighted by Crippen LogP contribution is 2.37. The van der Waals surface area contributed by atoms with Crippen molar-refractivity contribution in [3.8, 4) is 11.8 Å². The van der Waals surface area contributed by atoms with Gasteiger partial charge < -0.3 is 60.6 Å². The summed E-state index contributed by atoms with van der Waals surface area (Å²) in [5.74, 6) is -0.664. The standard InChI is InChI=1S/2C24H23N5O7S/c2*1-35-19-5-3-15-20(28-19)14(6-7-25-15)21(31)22(32)23(33)26-9-13-10-29(24(34)36-13)12-2-4-17-16(8-12)27-18(30)11-37-17/h2*2-8,13,21-22,31-32H,9-11H2,1H3,(H,26,33)(H,27,30)/t13-,21?,22?;13-,21-,22+/m11/s1. The summed E-state index contributed by atoms with van der Waals surface area (Å²) in [7, 11) is 2.89. The largest absolute Gasteiger partial charge is 0.481 e. The number of aliphatic hydroxyl groups is 4. The molecule has 8 N–H and O–H groups in total. The number of aliphatic hydroxyl groups excluding tert-OH is 4. The van der Waals surface area contributed by atoms with Crippen LogP contribution < -0.4 is 40.5 Å². The minimum Gasteiger partial charge on any atom is -0.481 e. The van der Waals surface area contributed by atoms with Crippen LogP contribution in [-0.2, 0) is 28.7 Å². The fourth-order valence-electron chi connectivity index (χ4n) is 8.18. The fraction of sp³-hybridized carbons (Fsp3) is 0.292. The summed E-state index contributed by atoms with van der Waals surface area (Å²) in [6, 6.07) is 20.0. The van der Waals surface area contributed by atoms with E-state index in [-0.39, 0.29) is 49.1 Å². The van der Waals surface area contributed by atoms with Crippen LogP contribution in [0.2, 0.25) is 0 Å². The van der Waals surface area contributed by atoms with Crippen LogP contribution in [0.5, 0.6) is 11.8 Å². The van der Waals surface area contributed by atoms with E-state index in [1.54, 1.807) is 48.5 Å². The molecule has 6 atom stereocenters. The molecule has 4 aromatic heterocycles. The van der Waals surface area contributed by atoms with Gasteiger partial charge in [0.1, 0.15) is 24.4 Å². The highest BCUT2D eigenvalue weighted by atomic mass is 32.2. The van der Waals surface area contributed by atoms with Gasteiger partial charge in [0.25, 0.3) is 11.8 Å². The Morgan fingerprint density at radius 1 is 0.649 bits per heavy atom. The number of cyclic esters (lactones) is 2. The predicted molar refractivity (Wildman–Crippen MR) is 267 cm³/mol. The van der Waals surface area contributed by atoms with E-state index in [1.165, 1.54) is 72.1 Å². The van der Waals surface area contributed by atoms with Gasteiger partial charge in [0.2, 0.25) is 23.6 Å². The summed E-state index contributed by atoms with van der Waals surface area (Å²) in [5, 5.41) is 53.1. The summed E-state index contributed by atoms with van der Waals surface area (Å²) in [4.78, 5) is 95.0. The van der Waals surface area contributed by atoms with Gasteiger partial charge >= 0.3 is 12.2 Å². The number of hydrogen-bond donors (Lipinski definition) is 8. The third-order valence-corrected chi connectivity index (χ3v) is 14.1. The molecule has 10 rings (SSSR count). The molecule has 4 aliphatic rings. The van der Waals surface area contributed by atoms with Crippen LogP contribution in [0.4, 0.5) is 32.3 Å². The zero-order chi connectivity index (χ0) is 52.2. The zero-order valence-electron chi connectivity index (χ0n) is 39.2. The Bertz CT molecular complexity index is 2980. The van der Waals surface area contributed by atoms with Crippen molar-refractivity contribution in [2.24, 2.45) is 0 Å². The topological polar surface area (TPSA) is 326 Å². The van der Waals surface area contributed by atoms with Crippen LogP contribution >= 0.6 is 23.5 Å². The number of benzene rings is 2. The van der Waals surface area contributed by atoms with Crippen LogP contribution in [-0.4, -0.2) is 152 Å². The highest BCUT2D eigenvalue weighted by molar-refractivity contribution is 8.00. The maximum atomic E-state index is 12.6. The minimum atomic E-state index is -1.81. The number of carbonyl (C=O) groups is 6. The van der Waals surface area contributed by atoms with Crippen molar-refractivity contribution in [1.29, 1.82) is 0 Å². The molecule has 6 amide bonds. The van der Waals surface area contributed by atoms with Crippen molar-refractivity contribution in [2.75, 3.05) is 72.3 Å². The molecule has 4 aliphatic heterocycles. The van der Waals surface area contributed by atoms with E-state index >= 15 is 0 Å². The lowest BCUT2D eigenvalue weighted by molar-refractivity contribution is -0.136. The van der Waals surface area contributed by atoms with Crippen LogP contribution in [0.25, 0.3) is 22.1 Å². The molecule has 0 radical (unpaired) electrons. The monoisotopic (exact) mass is 1050 g/mol. The van der Waals surface area contributed by atoms with E-state index in [1.807, 2.05) is 12.1 Å².